The van der Waals surface area contributed by atoms with Crippen LogP contribution in [0.15, 0.2) is 65.4 Å². The van der Waals surface area contributed by atoms with Gasteiger partial charge in [0, 0.05) is 23.4 Å². The Morgan fingerprint density at radius 3 is 2.71 bits per heavy atom. The first-order valence-corrected chi connectivity index (χ1v) is 8.17. The van der Waals surface area contributed by atoms with Crippen molar-refractivity contribution >= 4 is 27.5 Å². The fourth-order valence-electron chi connectivity index (χ4n) is 2.17. The first-order chi connectivity index (χ1) is 11.6. The number of aryl methyl sites for hydroxylation is 1. The number of anilines is 1. The molecule has 5 nitrogen and oxygen atoms in total. The van der Waals surface area contributed by atoms with Crippen LogP contribution < -0.4 is 10.1 Å². The summed E-state index contributed by atoms with van der Waals surface area (Å²) in [7, 11) is 1.77. The van der Waals surface area contributed by atoms with Gasteiger partial charge in [-0.15, -0.1) is 0 Å². The Bertz CT molecular complexity index is 843. The van der Waals surface area contributed by atoms with Crippen LogP contribution >= 0.6 is 15.9 Å². The zero-order chi connectivity index (χ0) is 16.9. The van der Waals surface area contributed by atoms with Crippen molar-refractivity contribution in [2.24, 2.45) is 7.05 Å². The number of hydrogen-bond acceptors (Lipinski definition) is 3. The van der Waals surface area contributed by atoms with Gasteiger partial charge in [-0.1, -0.05) is 28.1 Å². The van der Waals surface area contributed by atoms with Gasteiger partial charge in [0.05, 0.1) is 11.8 Å². The van der Waals surface area contributed by atoms with Gasteiger partial charge in [-0.3, -0.25) is 9.48 Å². The quantitative estimate of drug-likeness (QED) is 0.721. The molecule has 0 aliphatic rings. The van der Waals surface area contributed by atoms with Crippen molar-refractivity contribution in [3.63, 3.8) is 0 Å². The van der Waals surface area contributed by atoms with Crippen LogP contribution in [0.4, 0.5) is 5.69 Å². The molecule has 24 heavy (non-hydrogen) atoms. The molecule has 3 aromatic rings. The van der Waals surface area contributed by atoms with Gasteiger partial charge in [-0.25, -0.2) is 0 Å². The lowest BCUT2D eigenvalue weighted by Gasteiger charge is -2.08. The van der Waals surface area contributed by atoms with Gasteiger partial charge in [0.1, 0.15) is 12.4 Å². The monoisotopic (exact) mass is 385 g/mol. The zero-order valence-electron chi connectivity index (χ0n) is 13.1. The average molecular weight is 386 g/mol. The predicted molar refractivity (Wildman–Crippen MR) is 96.1 cm³/mol. The van der Waals surface area contributed by atoms with E-state index >= 15 is 0 Å². The van der Waals surface area contributed by atoms with Crippen LogP contribution in [0.2, 0.25) is 0 Å². The van der Waals surface area contributed by atoms with Crippen LogP contribution in [0.1, 0.15) is 15.9 Å². The summed E-state index contributed by atoms with van der Waals surface area (Å²) in [4.78, 5) is 12.1. The maximum absolute atomic E-state index is 12.1. The average Bonchev–Trinajstić information content (AvgIpc) is 3.01. The molecule has 0 fully saturated rings. The molecule has 0 saturated carbocycles. The molecule has 1 heterocycles. The van der Waals surface area contributed by atoms with Crippen LogP contribution in [0, 0.1) is 0 Å². The second-order valence-corrected chi connectivity index (χ2v) is 6.22. The fraction of sp³-hybridized carbons (Fsp3) is 0.111. The van der Waals surface area contributed by atoms with E-state index in [0.717, 1.165) is 15.8 Å². The van der Waals surface area contributed by atoms with Crippen molar-refractivity contribution in [3.05, 3.63) is 76.5 Å². The summed E-state index contributed by atoms with van der Waals surface area (Å²) in [6.07, 6.45) is 3.20. The molecule has 0 bridgehead atoms. The molecule has 0 spiro atoms. The van der Waals surface area contributed by atoms with E-state index in [0.29, 0.717) is 17.9 Å². The topological polar surface area (TPSA) is 56.2 Å². The number of carbonyl (C=O) groups is 1. The molecule has 0 atom stereocenters. The van der Waals surface area contributed by atoms with Gasteiger partial charge in [0.25, 0.3) is 5.91 Å². The summed E-state index contributed by atoms with van der Waals surface area (Å²) in [5.74, 6) is 0.556. The number of ether oxygens (including phenoxy) is 1. The Hall–Kier alpha value is -2.60. The molecule has 122 valence electrons. The second-order valence-electron chi connectivity index (χ2n) is 5.30. The predicted octanol–water partition coefficient (Wildman–Crippen LogP) is 4.01. The van der Waals surface area contributed by atoms with Crippen LogP contribution in [-0.4, -0.2) is 15.7 Å². The number of hydrogen-bond donors (Lipinski definition) is 1. The van der Waals surface area contributed by atoms with E-state index in [2.05, 4.69) is 26.3 Å². The van der Waals surface area contributed by atoms with Crippen molar-refractivity contribution in [1.29, 1.82) is 0 Å². The van der Waals surface area contributed by atoms with Gasteiger partial charge >= 0.3 is 0 Å². The minimum Gasteiger partial charge on any atom is -0.489 e. The molecule has 3 rings (SSSR count). The molecule has 0 saturated heterocycles. The molecule has 6 heteroatoms. The van der Waals surface area contributed by atoms with E-state index in [9.17, 15) is 4.79 Å². The Labute approximate surface area is 148 Å². The summed E-state index contributed by atoms with van der Waals surface area (Å²) >= 11 is 3.44. The molecule has 0 radical (unpaired) electrons. The molecule has 1 amide bonds. The number of rotatable bonds is 5. The van der Waals surface area contributed by atoms with Gasteiger partial charge in [-0.05, 0) is 42.0 Å². The SMILES string of the molecule is Cn1cc(C(=O)Nc2ccc(OCc3cccc(Br)c3)cc2)cn1. The normalized spacial score (nSPS) is 10.4. The van der Waals surface area contributed by atoms with Gasteiger partial charge < -0.3 is 10.1 Å². The number of carbonyl (C=O) groups excluding carboxylic acids is 1. The summed E-state index contributed by atoms with van der Waals surface area (Å²) in [6.45, 7) is 0.487. The molecular weight excluding hydrogens is 370 g/mol. The van der Waals surface area contributed by atoms with Gasteiger partial charge in [-0.2, -0.15) is 5.10 Å². The van der Waals surface area contributed by atoms with Crippen LogP contribution in [0.25, 0.3) is 0 Å². The highest BCUT2D eigenvalue weighted by Gasteiger charge is 2.08. The van der Waals surface area contributed by atoms with Crippen LogP contribution in [-0.2, 0) is 13.7 Å². The first-order valence-electron chi connectivity index (χ1n) is 7.37. The van der Waals surface area contributed by atoms with E-state index in [1.54, 1.807) is 17.9 Å². The maximum Gasteiger partial charge on any atom is 0.258 e. The van der Waals surface area contributed by atoms with E-state index in [1.165, 1.54) is 6.20 Å². The third-order valence-corrected chi connectivity index (χ3v) is 3.87. The Morgan fingerprint density at radius 2 is 2.04 bits per heavy atom. The maximum atomic E-state index is 12.1. The van der Waals surface area contributed by atoms with Crippen molar-refractivity contribution in [2.45, 2.75) is 6.61 Å². The lowest BCUT2D eigenvalue weighted by molar-refractivity contribution is 0.102. The van der Waals surface area contributed by atoms with Gasteiger partial charge in [0.15, 0.2) is 0 Å². The lowest BCUT2D eigenvalue weighted by Crippen LogP contribution is -2.10. The second kappa shape index (κ2) is 7.31. The van der Waals surface area contributed by atoms with E-state index in [4.69, 9.17) is 4.74 Å². The molecule has 0 aliphatic carbocycles. The smallest absolute Gasteiger partial charge is 0.258 e. The highest BCUT2D eigenvalue weighted by atomic mass is 79.9. The van der Waals surface area contributed by atoms with Crippen molar-refractivity contribution in [1.82, 2.24) is 9.78 Å². The number of aromatic nitrogens is 2. The van der Waals surface area contributed by atoms with Crippen molar-refractivity contribution in [3.8, 4) is 5.75 Å². The van der Waals surface area contributed by atoms with Crippen molar-refractivity contribution in [2.75, 3.05) is 5.32 Å². The number of halogens is 1. The molecule has 2 aromatic carbocycles. The summed E-state index contributed by atoms with van der Waals surface area (Å²) in [6, 6.07) is 15.3. The molecule has 1 aromatic heterocycles. The number of benzene rings is 2. The number of nitrogens with one attached hydrogen (secondary N) is 1. The number of amides is 1. The lowest BCUT2D eigenvalue weighted by atomic mass is 10.2. The minimum atomic E-state index is -0.189. The Kier molecular flexibility index (Phi) is 4.96. The zero-order valence-corrected chi connectivity index (χ0v) is 14.7. The standard InChI is InChI=1S/C18H16BrN3O2/c1-22-11-14(10-20-22)18(23)21-16-5-7-17(8-6-16)24-12-13-3-2-4-15(19)9-13/h2-11H,12H2,1H3,(H,21,23). The first kappa shape index (κ1) is 16.3. The fourth-order valence-corrected chi connectivity index (χ4v) is 2.62. The highest BCUT2D eigenvalue weighted by molar-refractivity contribution is 9.10. The summed E-state index contributed by atoms with van der Waals surface area (Å²) in [5, 5.41) is 6.81. The Balaban J connectivity index is 1.58. The highest BCUT2D eigenvalue weighted by Crippen LogP contribution is 2.19. The molecular formula is C18H16BrN3O2. The molecule has 0 aliphatic heterocycles. The largest absolute Gasteiger partial charge is 0.489 e. The third kappa shape index (κ3) is 4.23. The Morgan fingerprint density at radius 1 is 1.25 bits per heavy atom. The third-order valence-electron chi connectivity index (χ3n) is 3.37. The van der Waals surface area contributed by atoms with Crippen molar-refractivity contribution < 1.29 is 9.53 Å². The number of nitrogens with zero attached hydrogens (tertiary/aromatic N) is 2. The summed E-state index contributed by atoms with van der Waals surface area (Å²) in [5.41, 5.74) is 2.31. The summed E-state index contributed by atoms with van der Waals surface area (Å²) < 4.78 is 8.36. The van der Waals surface area contributed by atoms with E-state index < -0.39 is 0 Å². The molecule has 1 N–H and O–H groups in total. The van der Waals surface area contributed by atoms with E-state index in [1.807, 2.05) is 48.5 Å². The van der Waals surface area contributed by atoms with E-state index in [-0.39, 0.29) is 5.91 Å². The van der Waals surface area contributed by atoms with Crippen LogP contribution in [0.3, 0.4) is 0 Å². The minimum absolute atomic E-state index is 0.189. The molecule has 0 unspecified atom stereocenters. The van der Waals surface area contributed by atoms with Gasteiger partial charge in [0.2, 0.25) is 0 Å². The van der Waals surface area contributed by atoms with Crippen LogP contribution in [0.5, 0.6) is 5.75 Å².